The average molecular weight is 433 g/mol. The van der Waals surface area contributed by atoms with Gasteiger partial charge in [0, 0.05) is 18.2 Å². The molecule has 2 N–H and O–H groups in total. The van der Waals surface area contributed by atoms with Crippen molar-refractivity contribution in [3.8, 4) is 5.75 Å². The van der Waals surface area contributed by atoms with Crippen LogP contribution in [0.2, 0.25) is 0 Å². The molecule has 1 heterocycles. The number of pyridine rings is 1. The molecule has 30 heavy (non-hydrogen) atoms. The van der Waals surface area contributed by atoms with E-state index in [1.54, 1.807) is 0 Å². The highest BCUT2D eigenvalue weighted by Crippen LogP contribution is 2.22. The van der Waals surface area contributed by atoms with Gasteiger partial charge in [-0.3, -0.25) is 14.5 Å². The van der Waals surface area contributed by atoms with Crippen LogP contribution in [0, 0.1) is 11.6 Å². The molecular weight excluding hydrogens is 416 g/mol. The first-order valence-corrected chi connectivity index (χ1v) is 10.1. The van der Waals surface area contributed by atoms with Gasteiger partial charge in [-0.1, -0.05) is 12.1 Å². The van der Waals surface area contributed by atoms with Crippen molar-refractivity contribution in [2.24, 2.45) is 0 Å². The van der Waals surface area contributed by atoms with Gasteiger partial charge < -0.3 is 10.1 Å². The van der Waals surface area contributed by atoms with E-state index in [0.29, 0.717) is 5.75 Å². The zero-order valence-corrected chi connectivity index (χ0v) is 16.5. The lowest BCUT2D eigenvalue weighted by molar-refractivity contribution is 0.0947. The molecule has 0 aliphatic carbocycles. The van der Waals surface area contributed by atoms with Gasteiger partial charge in [-0.25, -0.2) is 17.2 Å². The van der Waals surface area contributed by atoms with E-state index in [1.165, 1.54) is 49.8 Å². The summed E-state index contributed by atoms with van der Waals surface area (Å²) in [5, 5.41) is 2.41. The van der Waals surface area contributed by atoms with E-state index in [0.717, 1.165) is 18.2 Å². The fraction of sp³-hybridized carbons (Fsp3) is 0.100. The Kier molecular flexibility index (Phi) is 6.26. The number of halogens is 2. The van der Waals surface area contributed by atoms with Crippen molar-refractivity contribution in [2.45, 2.75) is 11.4 Å². The molecule has 0 radical (unpaired) electrons. The second-order valence-corrected chi connectivity index (χ2v) is 7.78. The van der Waals surface area contributed by atoms with Crippen LogP contribution in [0.25, 0.3) is 0 Å². The molecule has 0 atom stereocenters. The summed E-state index contributed by atoms with van der Waals surface area (Å²) in [6, 6.07) is 9.81. The summed E-state index contributed by atoms with van der Waals surface area (Å²) < 4.78 is 60.1. The molecule has 0 aliphatic heterocycles. The van der Waals surface area contributed by atoms with Crippen LogP contribution in [0.15, 0.2) is 65.8 Å². The van der Waals surface area contributed by atoms with Crippen molar-refractivity contribution < 1.29 is 26.7 Å². The summed E-state index contributed by atoms with van der Waals surface area (Å²) in [7, 11) is -2.74. The number of sulfonamides is 1. The van der Waals surface area contributed by atoms with Crippen molar-refractivity contribution in [3.05, 3.63) is 83.7 Å². The van der Waals surface area contributed by atoms with Gasteiger partial charge in [-0.15, -0.1) is 0 Å². The van der Waals surface area contributed by atoms with Crippen LogP contribution in [0.3, 0.4) is 0 Å². The predicted molar refractivity (Wildman–Crippen MR) is 106 cm³/mol. The van der Waals surface area contributed by atoms with E-state index in [9.17, 15) is 22.0 Å². The molecule has 10 heteroatoms. The highest BCUT2D eigenvalue weighted by molar-refractivity contribution is 7.92. The Hall–Kier alpha value is -3.53. The van der Waals surface area contributed by atoms with Crippen molar-refractivity contribution in [1.29, 1.82) is 0 Å². The third kappa shape index (κ3) is 4.90. The molecule has 0 spiro atoms. The molecule has 0 bridgehead atoms. The minimum Gasteiger partial charge on any atom is -0.495 e. The molecule has 3 aromatic rings. The molecule has 7 nitrogen and oxygen atoms in total. The Morgan fingerprint density at radius 3 is 2.63 bits per heavy atom. The van der Waals surface area contributed by atoms with Gasteiger partial charge in [0.2, 0.25) is 0 Å². The van der Waals surface area contributed by atoms with Crippen molar-refractivity contribution in [1.82, 2.24) is 10.3 Å². The van der Waals surface area contributed by atoms with Gasteiger partial charge >= 0.3 is 0 Å². The zero-order valence-electron chi connectivity index (χ0n) is 15.7. The van der Waals surface area contributed by atoms with Gasteiger partial charge in [0.05, 0.1) is 30.8 Å². The first kappa shape index (κ1) is 21.2. The number of aromatic nitrogens is 1. The van der Waals surface area contributed by atoms with Crippen LogP contribution in [-0.4, -0.2) is 26.4 Å². The molecule has 1 amide bonds. The first-order chi connectivity index (χ1) is 14.3. The summed E-state index contributed by atoms with van der Waals surface area (Å²) in [6.07, 6.45) is 2.69. The Balaban J connectivity index is 1.83. The Morgan fingerprint density at radius 2 is 1.87 bits per heavy atom. The summed E-state index contributed by atoms with van der Waals surface area (Å²) in [4.78, 5) is 16.2. The number of nitrogens with one attached hydrogen (secondary N) is 2. The van der Waals surface area contributed by atoms with E-state index in [2.05, 4.69) is 15.0 Å². The van der Waals surface area contributed by atoms with Gasteiger partial charge in [-0.05, 0) is 30.3 Å². The van der Waals surface area contributed by atoms with Crippen LogP contribution in [0.1, 0.15) is 15.9 Å². The molecule has 2 aromatic carbocycles. The number of nitrogens with zero attached hydrogens (tertiary/aromatic N) is 1. The second kappa shape index (κ2) is 8.87. The number of rotatable bonds is 7. The number of hydrogen-bond acceptors (Lipinski definition) is 5. The number of anilines is 1. The third-order valence-electron chi connectivity index (χ3n) is 4.07. The maximum atomic E-state index is 13.8. The van der Waals surface area contributed by atoms with Crippen LogP contribution in [-0.2, 0) is 16.6 Å². The summed E-state index contributed by atoms with van der Waals surface area (Å²) in [5.74, 6) is -1.76. The first-order valence-electron chi connectivity index (χ1n) is 8.63. The molecular formula is C20H17F2N3O4S. The number of carbonyl (C=O) groups excluding carboxylic acids is 1. The fourth-order valence-electron chi connectivity index (χ4n) is 2.63. The monoisotopic (exact) mass is 433 g/mol. The van der Waals surface area contributed by atoms with E-state index in [-0.39, 0.29) is 28.3 Å². The number of hydrogen-bond donors (Lipinski definition) is 2. The molecule has 0 unspecified atom stereocenters. The number of amides is 1. The smallest absolute Gasteiger partial charge is 0.262 e. The zero-order chi connectivity index (χ0) is 21.7. The second-order valence-electron chi connectivity index (χ2n) is 6.13. The largest absolute Gasteiger partial charge is 0.495 e. The van der Waals surface area contributed by atoms with Crippen molar-refractivity contribution >= 4 is 21.6 Å². The molecule has 0 aliphatic rings. The fourth-order valence-corrected chi connectivity index (χ4v) is 3.87. The normalized spacial score (nSPS) is 11.0. The van der Waals surface area contributed by atoms with Gasteiger partial charge in [0.15, 0.2) is 0 Å². The predicted octanol–water partition coefficient (Wildman–Crippen LogP) is 3.10. The van der Waals surface area contributed by atoms with Crippen molar-refractivity contribution in [3.63, 3.8) is 0 Å². The number of carbonyl (C=O) groups is 1. The average Bonchev–Trinajstić information content (AvgIpc) is 2.74. The van der Waals surface area contributed by atoms with Crippen LogP contribution >= 0.6 is 0 Å². The van der Waals surface area contributed by atoms with Crippen LogP contribution in [0.4, 0.5) is 14.5 Å². The lowest BCUT2D eigenvalue weighted by Gasteiger charge is -2.13. The summed E-state index contributed by atoms with van der Waals surface area (Å²) in [6.45, 7) is -0.315. The van der Waals surface area contributed by atoms with Crippen LogP contribution < -0.4 is 14.8 Å². The number of benzene rings is 2. The highest BCUT2D eigenvalue weighted by atomic mass is 32.2. The molecule has 0 saturated carbocycles. The van der Waals surface area contributed by atoms with E-state index < -0.39 is 27.6 Å². The van der Waals surface area contributed by atoms with Gasteiger partial charge in [-0.2, -0.15) is 0 Å². The van der Waals surface area contributed by atoms with Crippen LogP contribution in [0.5, 0.6) is 5.75 Å². The minimum absolute atomic E-state index is 0.0655. The molecule has 3 rings (SSSR count). The van der Waals surface area contributed by atoms with Gasteiger partial charge in [0.1, 0.15) is 22.3 Å². The van der Waals surface area contributed by atoms with Gasteiger partial charge in [0.25, 0.3) is 15.9 Å². The third-order valence-corrected chi connectivity index (χ3v) is 5.51. The quantitative estimate of drug-likeness (QED) is 0.597. The topological polar surface area (TPSA) is 97.4 Å². The van der Waals surface area contributed by atoms with E-state index in [4.69, 9.17) is 4.74 Å². The molecule has 156 valence electrons. The molecule has 0 saturated heterocycles. The molecule has 1 aromatic heterocycles. The highest BCUT2D eigenvalue weighted by Gasteiger charge is 2.22. The Morgan fingerprint density at radius 1 is 1.10 bits per heavy atom. The lowest BCUT2D eigenvalue weighted by Crippen LogP contribution is -2.26. The van der Waals surface area contributed by atoms with E-state index in [1.807, 2.05) is 0 Å². The standard InChI is InChI=1S/C20H17F2N3O4S/c1-29-16-9-15(11-23-12-16)25-30(27,28)19-5-3-2-4-17(19)20(26)24-10-13-8-14(21)6-7-18(13)22/h2-9,11-12,25H,10H2,1H3,(H,24,26). The maximum Gasteiger partial charge on any atom is 0.262 e. The van der Waals surface area contributed by atoms with E-state index >= 15 is 0 Å². The SMILES string of the molecule is COc1cncc(NS(=O)(=O)c2ccccc2C(=O)NCc2cc(F)ccc2F)c1. The lowest BCUT2D eigenvalue weighted by atomic mass is 10.2. The Bertz CT molecular complexity index is 1190. The number of ether oxygens (including phenoxy) is 1. The summed E-state index contributed by atoms with van der Waals surface area (Å²) >= 11 is 0. The minimum atomic E-state index is -4.15. The molecule has 0 fully saturated rings. The van der Waals surface area contributed by atoms with Crippen molar-refractivity contribution in [2.75, 3.05) is 11.8 Å². The maximum absolute atomic E-state index is 13.8. The Labute approximate surface area is 171 Å². The summed E-state index contributed by atoms with van der Waals surface area (Å²) in [5.41, 5.74) is -0.0756. The number of methoxy groups -OCH3 is 1.